The van der Waals surface area contributed by atoms with Gasteiger partial charge in [0.2, 0.25) is 11.6 Å². The first kappa shape index (κ1) is 16.0. The smallest absolute Gasteiger partial charge is 0.230 e. The Hall–Kier alpha value is -2.50. The van der Waals surface area contributed by atoms with Crippen molar-refractivity contribution in [2.75, 3.05) is 17.2 Å². The number of carbonyl (C=O) groups excluding carboxylic acids is 1. The molecule has 1 fully saturated rings. The fourth-order valence-electron chi connectivity index (χ4n) is 3.54. The van der Waals surface area contributed by atoms with Crippen LogP contribution < -0.4 is 10.6 Å². The van der Waals surface area contributed by atoms with Crippen LogP contribution in [0.4, 0.5) is 15.9 Å². The highest BCUT2D eigenvalue weighted by molar-refractivity contribution is 6.06. The van der Waals surface area contributed by atoms with E-state index in [2.05, 4.69) is 20.6 Å². The molecule has 0 unspecified atom stereocenters. The van der Waals surface area contributed by atoms with Crippen LogP contribution in [0, 0.1) is 5.82 Å². The van der Waals surface area contributed by atoms with Crippen molar-refractivity contribution in [1.82, 2.24) is 9.97 Å². The summed E-state index contributed by atoms with van der Waals surface area (Å²) in [6.07, 6.45) is 6.50. The van der Waals surface area contributed by atoms with E-state index in [1.807, 2.05) is 0 Å². The lowest BCUT2D eigenvalue weighted by Gasteiger charge is -2.23. The number of halogens is 1. The van der Waals surface area contributed by atoms with E-state index >= 15 is 0 Å². The molecule has 1 aliphatic carbocycles. The minimum absolute atomic E-state index is 0.176. The number of aryl methyl sites for hydroxylation is 1. The van der Waals surface area contributed by atoms with Crippen LogP contribution in [0.3, 0.4) is 0 Å². The minimum atomic E-state index is -0.365. The number of rotatable bonds is 4. The number of nitrogens with one attached hydrogen (secondary N) is 2. The summed E-state index contributed by atoms with van der Waals surface area (Å²) >= 11 is 0. The van der Waals surface area contributed by atoms with Crippen LogP contribution in [0.2, 0.25) is 0 Å². The zero-order chi connectivity index (χ0) is 17.2. The average molecular weight is 340 g/mol. The lowest BCUT2D eigenvalue weighted by Crippen LogP contribution is -2.23. The van der Waals surface area contributed by atoms with Gasteiger partial charge in [0, 0.05) is 18.2 Å². The third-order valence-electron chi connectivity index (χ3n) is 4.88. The fraction of sp³-hybridized carbons (Fsp3) is 0.421. The lowest BCUT2D eigenvalue weighted by atomic mass is 10.1. The van der Waals surface area contributed by atoms with E-state index in [4.69, 9.17) is 0 Å². The molecule has 1 saturated carbocycles. The molecule has 0 spiro atoms. The van der Waals surface area contributed by atoms with Gasteiger partial charge in [-0.2, -0.15) is 0 Å². The molecular formula is C19H21FN4O. The van der Waals surface area contributed by atoms with Crippen LogP contribution in [0.1, 0.15) is 54.0 Å². The number of carbonyl (C=O) groups is 1. The van der Waals surface area contributed by atoms with E-state index in [-0.39, 0.29) is 17.4 Å². The number of nitrogens with zero attached hydrogens (tertiary/aromatic N) is 2. The summed E-state index contributed by atoms with van der Waals surface area (Å²) in [4.78, 5) is 21.7. The number of hydrogen-bond donors (Lipinski definition) is 2. The lowest BCUT2D eigenvalue weighted by molar-refractivity contribution is 0.102. The van der Waals surface area contributed by atoms with Crippen molar-refractivity contribution >= 4 is 17.3 Å². The third-order valence-corrected chi connectivity index (χ3v) is 4.88. The predicted octanol–water partition coefficient (Wildman–Crippen LogP) is 3.56. The summed E-state index contributed by atoms with van der Waals surface area (Å²) in [5, 5.41) is 6.87. The van der Waals surface area contributed by atoms with Crippen molar-refractivity contribution in [3.05, 3.63) is 47.2 Å². The normalized spacial score (nSPS) is 17.0. The fourth-order valence-corrected chi connectivity index (χ4v) is 3.54. The van der Waals surface area contributed by atoms with E-state index in [1.165, 1.54) is 37.1 Å². The van der Waals surface area contributed by atoms with Gasteiger partial charge >= 0.3 is 0 Å². The van der Waals surface area contributed by atoms with Crippen molar-refractivity contribution in [1.29, 1.82) is 0 Å². The van der Waals surface area contributed by atoms with E-state index < -0.39 is 0 Å². The molecule has 0 bridgehead atoms. The van der Waals surface area contributed by atoms with Gasteiger partial charge in [0.15, 0.2) is 5.82 Å². The molecular weight excluding hydrogens is 319 g/mol. The van der Waals surface area contributed by atoms with Crippen molar-refractivity contribution in [2.45, 2.75) is 44.6 Å². The topological polar surface area (TPSA) is 66.9 Å². The van der Waals surface area contributed by atoms with Crippen molar-refractivity contribution in [3.63, 3.8) is 0 Å². The molecule has 2 aliphatic rings. The summed E-state index contributed by atoms with van der Waals surface area (Å²) in [6, 6.07) is 5.91. The highest BCUT2D eigenvalue weighted by Crippen LogP contribution is 2.31. The SMILES string of the molecule is O=C(c1ccc(F)cc1)c1nc2c(c(NC3CCCC3)n1)NCCC2. The molecule has 0 atom stereocenters. The molecule has 1 aliphatic heterocycles. The molecule has 130 valence electrons. The van der Waals surface area contributed by atoms with Gasteiger partial charge in [0.05, 0.1) is 11.4 Å². The molecule has 25 heavy (non-hydrogen) atoms. The van der Waals surface area contributed by atoms with Crippen LogP contribution in [0.25, 0.3) is 0 Å². The first-order chi connectivity index (χ1) is 12.2. The largest absolute Gasteiger partial charge is 0.381 e. The number of aromatic nitrogens is 2. The van der Waals surface area contributed by atoms with Gasteiger partial charge in [0.1, 0.15) is 5.82 Å². The molecule has 1 aromatic heterocycles. The van der Waals surface area contributed by atoms with E-state index in [0.717, 1.165) is 49.4 Å². The second kappa shape index (κ2) is 6.78. The Morgan fingerprint density at radius 3 is 2.64 bits per heavy atom. The molecule has 4 rings (SSSR count). The summed E-state index contributed by atoms with van der Waals surface area (Å²) in [5.74, 6) is 0.259. The van der Waals surface area contributed by atoms with Gasteiger partial charge in [-0.3, -0.25) is 4.79 Å². The highest BCUT2D eigenvalue weighted by Gasteiger charge is 2.24. The number of hydrogen-bond acceptors (Lipinski definition) is 5. The van der Waals surface area contributed by atoms with Crippen LogP contribution in [-0.2, 0) is 6.42 Å². The van der Waals surface area contributed by atoms with Crippen LogP contribution >= 0.6 is 0 Å². The van der Waals surface area contributed by atoms with Gasteiger partial charge in [0.25, 0.3) is 0 Å². The number of fused-ring (bicyclic) bond motifs is 1. The van der Waals surface area contributed by atoms with E-state index in [9.17, 15) is 9.18 Å². The standard InChI is InChI=1S/C19H21FN4O/c20-13-9-7-12(8-10-13)17(25)19-23-15-6-3-11-21-16(15)18(24-19)22-14-4-1-2-5-14/h7-10,14,21H,1-6,11H2,(H,22,23,24). The maximum atomic E-state index is 13.1. The van der Waals surface area contributed by atoms with Crippen LogP contribution in [0.5, 0.6) is 0 Å². The monoisotopic (exact) mass is 340 g/mol. The minimum Gasteiger partial charge on any atom is -0.381 e. The summed E-state index contributed by atoms with van der Waals surface area (Å²) < 4.78 is 13.1. The molecule has 0 radical (unpaired) electrons. The zero-order valence-electron chi connectivity index (χ0n) is 14.0. The Labute approximate surface area is 146 Å². The van der Waals surface area contributed by atoms with Gasteiger partial charge in [-0.25, -0.2) is 14.4 Å². The van der Waals surface area contributed by atoms with Crippen molar-refractivity contribution in [3.8, 4) is 0 Å². The average Bonchev–Trinajstić information content (AvgIpc) is 3.15. The Morgan fingerprint density at radius 2 is 1.88 bits per heavy atom. The van der Waals surface area contributed by atoms with Crippen LogP contribution in [-0.4, -0.2) is 28.3 Å². The van der Waals surface area contributed by atoms with Crippen molar-refractivity contribution < 1.29 is 9.18 Å². The number of anilines is 2. The molecule has 2 N–H and O–H groups in total. The van der Waals surface area contributed by atoms with Gasteiger partial charge in [-0.15, -0.1) is 0 Å². The number of ketones is 1. The number of benzene rings is 1. The molecule has 2 heterocycles. The first-order valence-corrected chi connectivity index (χ1v) is 8.92. The Balaban J connectivity index is 1.69. The maximum Gasteiger partial charge on any atom is 0.230 e. The second-order valence-electron chi connectivity index (χ2n) is 6.71. The Bertz CT molecular complexity index is 785. The molecule has 0 saturated heterocycles. The summed E-state index contributed by atoms with van der Waals surface area (Å²) in [6.45, 7) is 0.890. The molecule has 1 aromatic carbocycles. The maximum absolute atomic E-state index is 13.1. The summed E-state index contributed by atoms with van der Waals surface area (Å²) in [5.41, 5.74) is 2.21. The Kier molecular flexibility index (Phi) is 4.34. The van der Waals surface area contributed by atoms with Crippen molar-refractivity contribution in [2.24, 2.45) is 0 Å². The van der Waals surface area contributed by atoms with Gasteiger partial charge in [-0.05, 0) is 49.9 Å². The molecule has 2 aromatic rings. The Morgan fingerprint density at radius 1 is 1.12 bits per heavy atom. The zero-order valence-corrected chi connectivity index (χ0v) is 14.0. The second-order valence-corrected chi connectivity index (χ2v) is 6.71. The molecule has 0 amide bonds. The van der Waals surface area contributed by atoms with E-state index in [1.54, 1.807) is 0 Å². The first-order valence-electron chi connectivity index (χ1n) is 8.92. The summed E-state index contributed by atoms with van der Waals surface area (Å²) in [7, 11) is 0. The molecule has 5 nitrogen and oxygen atoms in total. The van der Waals surface area contributed by atoms with Gasteiger partial charge < -0.3 is 10.6 Å². The van der Waals surface area contributed by atoms with Gasteiger partial charge in [-0.1, -0.05) is 12.8 Å². The third kappa shape index (κ3) is 3.34. The van der Waals surface area contributed by atoms with E-state index in [0.29, 0.717) is 11.6 Å². The predicted molar refractivity (Wildman–Crippen MR) is 94.6 cm³/mol. The highest BCUT2D eigenvalue weighted by atomic mass is 19.1. The molecule has 6 heteroatoms. The quantitative estimate of drug-likeness (QED) is 0.833. The van der Waals surface area contributed by atoms with Crippen LogP contribution in [0.15, 0.2) is 24.3 Å².